The number of carboxylic acids is 1. The van der Waals surface area contributed by atoms with Crippen molar-refractivity contribution in [3.63, 3.8) is 0 Å². The largest absolute Gasteiger partial charge is 0.478 e. The number of anilines is 1. The van der Waals surface area contributed by atoms with Gasteiger partial charge in [0.1, 0.15) is 30.7 Å². The summed E-state index contributed by atoms with van der Waals surface area (Å²) in [6.45, 7) is 1.41. The number of Topliss-reactive ketones (excluding diaryl/α,β-unsaturated/α-hetero) is 1. The van der Waals surface area contributed by atoms with Crippen LogP contribution < -0.4 is 21.7 Å². The van der Waals surface area contributed by atoms with Crippen molar-refractivity contribution in [2.24, 2.45) is 17.6 Å². The second-order valence-electron chi connectivity index (χ2n) is 16.8. The summed E-state index contributed by atoms with van der Waals surface area (Å²) in [7, 11) is 1.65. The number of carbonyl (C=O) groups is 6. The lowest BCUT2D eigenvalue weighted by atomic mass is 9.73. The molecular formula is C49H54FN9O9. The molecule has 0 spiro atoms. The summed E-state index contributed by atoms with van der Waals surface area (Å²) in [5.41, 5.74) is 8.67. The number of nitrogens with two attached hydrogens (primary N) is 1. The molecule has 6 N–H and O–H groups in total. The number of likely N-dealkylation sites (N-methyl/N-ethyl adjacent to an activating group) is 1. The standard InChI is InChI=1S/C49H54FN9O9/c1-52-40-26-38(47(63)64)45(61)37-25-39(50)43(27-36(37)40)57-19-21-58(22-20-57)49(66)68-30-33-14-16-35(17-15-33)54-46(62)42(13-8-18-53-48(51)65)59-28-41(55-56-59)34(23-31-9-4-2-5-10-31)24-44(60)67-29-32-11-6-3-7-12-32/h2-7,9-12,14-17,25-28,34,36-37,40,42,52H,8,13,18-24,29-30H2,1H3,(H,54,62)(H,63,64)(H3,51,53,65)/t34-,36?,37?,40?,42+/m1/s1. The number of carboxylic acid groups (broad SMARTS) is 1. The van der Waals surface area contributed by atoms with Crippen molar-refractivity contribution in [3.8, 4) is 0 Å². The Morgan fingerprint density at radius 2 is 1.53 bits per heavy atom. The Morgan fingerprint density at radius 1 is 0.868 bits per heavy atom. The van der Waals surface area contributed by atoms with Gasteiger partial charge in [0.15, 0.2) is 5.78 Å². The fourth-order valence-electron chi connectivity index (χ4n) is 8.53. The van der Waals surface area contributed by atoms with Crippen LogP contribution in [0.2, 0.25) is 0 Å². The van der Waals surface area contributed by atoms with E-state index in [9.17, 15) is 33.9 Å². The number of hydrogen-bond acceptors (Lipinski definition) is 12. The molecule has 3 unspecified atom stereocenters. The second kappa shape index (κ2) is 22.7. The van der Waals surface area contributed by atoms with Gasteiger partial charge < -0.3 is 46.1 Å². The predicted octanol–water partition coefficient (Wildman–Crippen LogP) is 4.79. The number of fused-ring (bicyclic) bond motifs is 1. The maximum absolute atomic E-state index is 15.4. The summed E-state index contributed by atoms with van der Waals surface area (Å²) in [6, 6.07) is 23.8. The van der Waals surface area contributed by atoms with Crippen molar-refractivity contribution in [3.05, 3.63) is 149 Å². The normalized spacial score (nSPS) is 18.8. The number of nitrogens with zero attached hydrogens (tertiary/aromatic N) is 5. The Morgan fingerprint density at radius 3 is 2.19 bits per heavy atom. The van der Waals surface area contributed by atoms with Gasteiger partial charge in [0.25, 0.3) is 0 Å². The number of aliphatic carboxylic acids is 1. The quantitative estimate of drug-likeness (QED) is 0.0484. The number of esters is 1. The van der Waals surface area contributed by atoms with Crippen molar-refractivity contribution < 1.29 is 47.7 Å². The number of amides is 4. The van der Waals surface area contributed by atoms with Gasteiger partial charge in [0.2, 0.25) is 5.91 Å². The topological polar surface area (TPSA) is 240 Å². The molecule has 68 heavy (non-hydrogen) atoms. The molecule has 3 aliphatic rings. The Balaban J connectivity index is 0.942. The number of piperazine rings is 1. The average molecular weight is 932 g/mol. The molecule has 0 bridgehead atoms. The maximum atomic E-state index is 15.4. The van der Waals surface area contributed by atoms with Crippen LogP contribution >= 0.6 is 0 Å². The third-order valence-electron chi connectivity index (χ3n) is 12.2. The van der Waals surface area contributed by atoms with Gasteiger partial charge in [-0.15, -0.1) is 5.10 Å². The number of urea groups is 1. The van der Waals surface area contributed by atoms with Crippen LogP contribution in [0.4, 0.5) is 19.7 Å². The van der Waals surface area contributed by atoms with E-state index in [4.69, 9.17) is 15.2 Å². The monoisotopic (exact) mass is 931 g/mol. The van der Waals surface area contributed by atoms with Gasteiger partial charge in [0, 0.05) is 62.5 Å². The molecule has 4 amide bonds. The number of rotatable bonds is 19. The highest BCUT2D eigenvalue weighted by Crippen LogP contribution is 2.38. The molecule has 1 saturated heterocycles. The van der Waals surface area contributed by atoms with Gasteiger partial charge in [-0.2, -0.15) is 0 Å². The summed E-state index contributed by atoms with van der Waals surface area (Å²) >= 11 is 0. The molecule has 19 heteroatoms. The SMILES string of the molecule is CNC1C=C(C(=O)O)C(=O)C2C=C(F)C(N3CCN(C(=O)OCc4ccc(NC(=O)[C@H](CCCNC(N)=O)n5cc([C@@H](CC(=O)OCc6ccccc6)Cc6ccccc6)nn5)cc4)CC3)=CC12. The van der Waals surface area contributed by atoms with E-state index in [1.165, 1.54) is 21.7 Å². The summed E-state index contributed by atoms with van der Waals surface area (Å²) in [6.07, 6.45) is 6.48. The molecule has 0 saturated carbocycles. The summed E-state index contributed by atoms with van der Waals surface area (Å²) in [5.74, 6) is -5.24. The van der Waals surface area contributed by atoms with Gasteiger partial charge in [-0.25, -0.2) is 23.5 Å². The number of ether oxygens (including phenoxy) is 2. The summed E-state index contributed by atoms with van der Waals surface area (Å²) in [4.78, 5) is 79.4. The lowest BCUT2D eigenvalue weighted by Crippen LogP contribution is -2.50. The number of primary amides is 1. The van der Waals surface area contributed by atoms with Crippen molar-refractivity contribution in [1.82, 2.24) is 35.4 Å². The van der Waals surface area contributed by atoms with Crippen molar-refractivity contribution in [2.45, 2.75) is 56.9 Å². The first kappa shape index (κ1) is 48.3. The van der Waals surface area contributed by atoms with E-state index in [0.717, 1.165) is 11.1 Å². The van der Waals surface area contributed by atoms with E-state index in [2.05, 4.69) is 26.3 Å². The highest BCUT2D eigenvalue weighted by atomic mass is 19.1. The van der Waals surface area contributed by atoms with Crippen LogP contribution in [0, 0.1) is 11.8 Å². The van der Waals surface area contributed by atoms with Gasteiger partial charge >= 0.3 is 24.1 Å². The fourth-order valence-corrected chi connectivity index (χ4v) is 8.53. The van der Waals surface area contributed by atoms with E-state index in [-0.39, 0.29) is 51.3 Å². The number of benzene rings is 3. The minimum atomic E-state index is -1.35. The molecule has 4 aromatic rings. The number of halogens is 1. The van der Waals surface area contributed by atoms with Crippen LogP contribution in [0.15, 0.2) is 126 Å². The number of carbonyl (C=O) groups excluding carboxylic acids is 5. The third-order valence-corrected chi connectivity index (χ3v) is 12.2. The first-order valence-electron chi connectivity index (χ1n) is 22.4. The average Bonchev–Trinajstić information content (AvgIpc) is 3.83. The number of aromatic nitrogens is 3. The Kier molecular flexibility index (Phi) is 16.1. The molecule has 2 aliphatic carbocycles. The van der Waals surface area contributed by atoms with Crippen molar-refractivity contribution in [2.75, 3.05) is 45.1 Å². The second-order valence-corrected chi connectivity index (χ2v) is 16.8. The molecule has 356 valence electrons. The van der Waals surface area contributed by atoms with E-state index < -0.39 is 71.4 Å². The molecule has 1 aliphatic heterocycles. The minimum Gasteiger partial charge on any atom is -0.478 e. The van der Waals surface area contributed by atoms with Gasteiger partial charge in [-0.1, -0.05) is 84.1 Å². The number of ketones is 1. The minimum absolute atomic E-state index is 0.0254. The molecular weight excluding hydrogens is 878 g/mol. The smallest absolute Gasteiger partial charge is 0.410 e. The highest BCUT2D eigenvalue weighted by molar-refractivity contribution is 6.19. The maximum Gasteiger partial charge on any atom is 0.410 e. The van der Waals surface area contributed by atoms with Crippen molar-refractivity contribution >= 4 is 41.4 Å². The van der Waals surface area contributed by atoms with Crippen LogP contribution in [0.3, 0.4) is 0 Å². The molecule has 3 aromatic carbocycles. The van der Waals surface area contributed by atoms with Gasteiger partial charge in [-0.3, -0.25) is 14.4 Å². The number of nitrogens with one attached hydrogen (secondary N) is 3. The molecule has 7 rings (SSSR count). The van der Waals surface area contributed by atoms with E-state index >= 15 is 4.39 Å². The lowest BCUT2D eigenvalue weighted by Gasteiger charge is -2.40. The van der Waals surface area contributed by atoms with Crippen LogP contribution in [-0.4, -0.2) is 111 Å². The Hall–Kier alpha value is -7.67. The molecule has 1 fully saturated rings. The predicted molar refractivity (Wildman–Crippen MR) is 246 cm³/mol. The summed E-state index contributed by atoms with van der Waals surface area (Å²) < 4.78 is 28.1. The van der Waals surface area contributed by atoms with E-state index in [0.29, 0.717) is 48.6 Å². The molecule has 0 radical (unpaired) electrons. The summed E-state index contributed by atoms with van der Waals surface area (Å²) in [5, 5.41) is 26.7. The molecule has 5 atom stereocenters. The van der Waals surface area contributed by atoms with E-state index in [1.54, 1.807) is 48.5 Å². The van der Waals surface area contributed by atoms with Crippen LogP contribution in [0.5, 0.6) is 0 Å². The van der Waals surface area contributed by atoms with Crippen LogP contribution in [0.25, 0.3) is 0 Å². The zero-order valence-corrected chi connectivity index (χ0v) is 37.5. The van der Waals surface area contributed by atoms with Crippen LogP contribution in [-0.2, 0) is 48.3 Å². The van der Waals surface area contributed by atoms with Gasteiger partial charge in [0.05, 0.1) is 23.7 Å². The highest BCUT2D eigenvalue weighted by Gasteiger charge is 2.42. The Bertz CT molecular complexity index is 2540. The number of allylic oxidation sites excluding steroid dienone is 2. The van der Waals surface area contributed by atoms with Gasteiger partial charge in [-0.05, 0) is 67.3 Å². The molecule has 1 aromatic heterocycles. The first-order valence-corrected chi connectivity index (χ1v) is 22.4. The van der Waals surface area contributed by atoms with Crippen LogP contribution in [0.1, 0.15) is 53.6 Å². The molecule has 18 nitrogen and oxygen atoms in total. The van der Waals surface area contributed by atoms with Crippen molar-refractivity contribution in [1.29, 1.82) is 0 Å². The zero-order chi connectivity index (χ0) is 48.2. The first-order chi connectivity index (χ1) is 32.9. The lowest BCUT2D eigenvalue weighted by molar-refractivity contribution is -0.145. The van der Waals surface area contributed by atoms with E-state index in [1.807, 2.05) is 60.7 Å². The zero-order valence-electron chi connectivity index (χ0n) is 37.5. The number of hydrogen-bond donors (Lipinski definition) is 5. The fraction of sp³-hybridized carbons (Fsp3) is 0.347. The molecule has 2 heterocycles. The Labute approximate surface area is 392 Å². The third kappa shape index (κ3) is 12.4.